The molecule has 1 heterocycles. The fraction of sp³-hybridized carbons (Fsp3) is 0.417. The number of nitrogens with zero attached hydrogens (tertiary/aromatic N) is 2. The van der Waals surface area contributed by atoms with E-state index >= 15 is 0 Å². The molecule has 2 nitrogen and oxygen atoms in total. The summed E-state index contributed by atoms with van der Waals surface area (Å²) in [5, 5.41) is 1.17. The van der Waals surface area contributed by atoms with Crippen LogP contribution in [0.2, 0.25) is 10.0 Å². The van der Waals surface area contributed by atoms with Crippen molar-refractivity contribution in [3.8, 4) is 0 Å². The fourth-order valence-electron chi connectivity index (χ4n) is 2.22. The topological polar surface area (TPSA) is 8.81 Å². The zero-order chi connectivity index (χ0) is 12.6. The van der Waals surface area contributed by atoms with Gasteiger partial charge in [-0.25, -0.2) is 9.13 Å². The molecule has 0 radical (unpaired) electrons. The quantitative estimate of drug-likeness (QED) is 0.601. The molecule has 0 atom stereocenters. The van der Waals surface area contributed by atoms with Crippen molar-refractivity contribution in [2.24, 2.45) is 0 Å². The maximum absolute atomic E-state index is 6.08. The molecule has 0 N–H and O–H groups in total. The first-order chi connectivity index (χ1) is 8.10. The molecule has 0 bridgehead atoms. The first-order valence-electron chi connectivity index (χ1n) is 5.53. The number of hydrogen-bond acceptors (Lipinski definition) is 0. The van der Waals surface area contributed by atoms with Crippen molar-refractivity contribution < 1.29 is 4.57 Å². The fourth-order valence-corrected chi connectivity index (χ4v) is 2.70. The van der Waals surface area contributed by atoms with Crippen LogP contribution in [0.4, 0.5) is 0 Å². The monoisotopic (exact) mass is 291 g/mol. The van der Waals surface area contributed by atoms with Crippen molar-refractivity contribution >= 4 is 45.8 Å². The van der Waals surface area contributed by atoms with Crippen LogP contribution in [-0.4, -0.2) is 10.4 Å². The van der Waals surface area contributed by atoms with Gasteiger partial charge < -0.3 is 0 Å². The molecule has 0 aliphatic rings. The van der Waals surface area contributed by atoms with Gasteiger partial charge in [0, 0.05) is 19.1 Å². The minimum Gasteiger partial charge on any atom is -0.228 e. The highest BCUT2D eigenvalue weighted by molar-refractivity contribution is 6.42. The highest BCUT2D eigenvalue weighted by Gasteiger charge is 2.21. The maximum Gasteiger partial charge on any atom is 0.254 e. The Hall–Kier alpha value is -0.440. The predicted octanol–water partition coefficient (Wildman–Crippen LogP) is 3.80. The van der Waals surface area contributed by atoms with E-state index in [0.29, 0.717) is 15.9 Å². The molecule has 0 saturated carbocycles. The smallest absolute Gasteiger partial charge is 0.228 e. The van der Waals surface area contributed by atoms with E-state index in [1.54, 1.807) is 0 Å². The van der Waals surface area contributed by atoms with Gasteiger partial charge in [-0.3, -0.25) is 0 Å². The average Bonchev–Trinajstić information content (AvgIpc) is 2.54. The Kier molecular flexibility index (Phi) is 3.86. The molecule has 0 spiro atoms. The molecule has 0 unspecified atom stereocenters. The molecule has 0 saturated heterocycles. The normalized spacial score (nSPS) is 11.4. The van der Waals surface area contributed by atoms with Crippen molar-refractivity contribution in [1.29, 1.82) is 0 Å². The van der Waals surface area contributed by atoms with Gasteiger partial charge in [0.2, 0.25) is 0 Å². The molecule has 5 heteroatoms. The summed E-state index contributed by atoms with van der Waals surface area (Å²) in [6.07, 6.45) is 0. The number of halogens is 3. The number of aromatic nitrogens is 2. The highest BCUT2D eigenvalue weighted by Crippen LogP contribution is 2.27. The van der Waals surface area contributed by atoms with Crippen LogP contribution in [0.3, 0.4) is 0 Å². The van der Waals surface area contributed by atoms with E-state index in [1.807, 2.05) is 12.1 Å². The van der Waals surface area contributed by atoms with Crippen LogP contribution in [0.5, 0.6) is 0 Å². The van der Waals surface area contributed by atoms with E-state index in [9.17, 15) is 0 Å². The van der Waals surface area contributed by atoms with Gasteiger partial charge in [-0.2, -0.15) is 0 Å². The van der Waals surface area contributed by atoms with Gasteiger partial charge in [0.25, 0.3) is 5.82 Å². The Morgan fingerprint density at radius 3 is 2.47 bits per heavy atom. The van der Waals surface area contributed by atoms with E-state index in [2.05, 4.69) is 23.0 Å². The summed E-state index contributed by atoms with van der Waals surface area (Å²) in [7, 11) is 0. The van der Waals surface area contributed by atoms with Gasteiger partial charge in [-0.15, -0.1) is 11.6 Å². The van der Waals surface area contributed by atoms with Crippen LogP contribution in [0.1, 0.15) is 12.7 Å². The number of alkyl halides is 1. The molecule has 17 heavy (non-hydrogen) atoms. The third-order valence-electron chi connectivity index (χ3n) is 3.00. The number of fused-ring (bicyclic) bond motifs is 1. The van der Waals surface area contributed by atoms with Gasteiger partial charge in [-0.1, -0.05) is 23.2 Å². The molecular weight excluding hydrogens is 279 g/mol. The van der Waals surface area contributed by atoms with E-state index < -0.39 is 0 Å². The second-order valence-electron chi connectivity index (χ2n) is 3.89. The molecular formula is C12H14Cl3N2+. The van der Waals surface area contributed by atoms with Gasteiger partial charge in [0.1, 0.15) is 6.54 Å². The van der Waals surface area contributed by atoms with E-state index in [-0.39, 0.29) is 0 Å². The van der Waals surface area contributed by atoms with E-state index in [1.165, 1.54) is 5.82 Å². The summed E-state index contributed by atoms with van der Waals surface area (Å²) in [4.78, 5) is 0. The summed E-state index contributed by atoms with van der Waals surface area (Å²) >= 11 is 18.0. The number of benzene rings is 1. The lowest BCUT2D eigenvalue weighted by Crippen LogP contribution is -2.37. The Labute approximate surface area is 116 Å². The lowest BCUT2D eigenvalue weighted by Gasteiger charge is -1.97. The molecule has 1 aromatic carbocycles. The van der Waals surface area contributed by atoms with Gasteiger partial charge in [-0.05, 0) is 6.92 Å². The molecule has 0 aliphatic heterocycles. The van der Waals surface area contributed by atoms with Crippen LogP contribution >= 0.6 is 34.8 Å². The lowest BCUT2D eigenvalue weighted by atomic mass is 10.3. The Morgan fingerprint density at radius 2 is 1.88 bits per heavy atom. The van der Waals surface area contributed by atoms with Crippen molar-refractivity contribution in [3.05, 3.63) is 28.0 Å². The second kappa shape index (κ2) is 5.05. The van der Waals surface area contributed by atoms with Gasteiger partial charge >= 0.3 is 0 Å². The minimum atomic E-state index is 0.578. The third kappa shape index (κ3) is 2.14. The largest absolute Gasteiger partial charge is 0.254 e. The molecule has 0 fully saturated rings. The summed E-state index contributed by atoms with van der Waals surface area (Å²) in [5.41, 5.74) is 2.18. The van der Waals surface area contributed by atoms with E-state index in [4.69, 9.17) is 34.8 Å². The van der Waals surface area contributed by atoms with Crippen LogP contribution < -0.4 is 4.57 Å². The van der Waals surface area contributed by atoms with Gasteiger partial charge in [0.15, 0.2) is 11.0 Å². The van der Waals surface area contributed by atoms with Crippen LogP contribution in [0.15, 0.2) is 12.1 Å². The Balaban J connectivity index is 2.80. The zero-order valence-electron chi connectivity index (χ0n) is 9.80. The molecule has 0 aliphatic carbocycles. The summed E-state index contributed by atoms with van der Waals surface area (Å²) in [5.74, 6) is 1.75. The Morgan fingerprint density at radius 1 is 1.24 bits per heavy atom. The third-order valence-corrected chi connectivity index (χ3v) is 3.90. The zero-order valence-corrected chi connectivity index (χ0v) is 12.1. The van der Waals surface area contributed by atoms with Crippen molar-refractivity contribution in [2.45, 2.75) is 26.9 Å². The number of imidazole rings is 1. The number of rotatable bonds is 3. The predicted molar refractivity (Wildman–Crippen MR) is 73.3 cm³/mol. The SMILES string of the molecule is CCn1c(C)[n+](CCCl)c2cc(Cl)c(Cl)cc21. The number of hydrogen-bond donors (Lipinski definition) is 0. The summed E-state index contributed by atoms with van der Waals surface area (Å²) in [6, 6.07) is 3.82. The summed E-state index contributed by atoms with van der Waals surface area (Å²) in [6.45, 7) is 5.86. The first-order valence-corrected chi connectivity index (χ1v) is 6.82. The highest BCUT2D eigenvalue weighted by atomic mass is 35.5. The van der Waals surface area contributed by atoms with Crippen molar-refractivity contribution in [1.82, 2.24) is 4.57 Å². The van der Waals surface area contributed by atoms with Crippen LogP contribution in [0.25, 0.3) is 11.0 Å². The van der Waals surface area contributed by atoms with Crippen molar-refractivity contribution in [2.75, 3.05) is 5.88 Å². The lowest BCUT2D eigenvalue weighted by molar-refractivity contribution is -0.674. The first kappa shape index (κ1) is 13.0. The molecule has 1 aromatic heterocycles. The van der Waals surface area contributed by atoms with Gasteiger partial charge in [0.05, 0.1) is 22.5 Å². The molecule has 2 rings (SSSR count). The molecule has 2 aromatic rings. The Bertz CT molecular complexity index is 561. The van der Waals surface area contributed by atoms with Crippen LogP contribution in [-0.2, 0) is 13.1 Å². The second-order valence-corrected chi connectivity index (χ2v) is 5.08. The van der Waals surface area contributed by atoms with Crippen molar-refractivity contribution in [3.63, 3.8) is 0 Å². The number of aryl methyl sites for hydroxylation is 2. The van der Waals surface area contributed by atoms with E-state index in [0.717, 1.165) is 24.1 Å². The average molecular weight is 293 g/mol. The maximum atomic E-state index is 6.08. The standard InChI is InChI=1S/C12H14Cl3N2/c1-3-16-8(2)17(5-4-13)12-7-10(15)9(14)6-11(12)16/h6-7H,3-5H2,1-2H3/q+1. The summed E-state index contributed by atoms with van der Waals surface area (Å²) < 4.78 is 4.39. The molecule has 0 amide bonds. The molecule has 92 valence electrons. The minimum absolute atomic E-state index is 0.578. The van der Waals surface area contributed by atoms with Crippen LogP contribution in [0, 0.1) is 6.92 Å².